The van der Waals surface area contributed by atoms with E-state index in [1.165, 1.54) is 5.56 Å². The van der Waals surface area contributed by atoms with Crippen molar-refractivity contribution >= 4 is 5.91 Å². The topological polar surface area (TPSA) is 29.1 Å². The van der Waals surface area contributed by atoms with E-state index in [1.54, 1.807) is 0 Å². The molecule has 0 heterocycles. The van der Waals surface area contributed by atoms with Crippen LogP contribution in [-0.4, -0.2) is 12.5 Å². The predicted molar refractivity (Wildman–Crippen MR) is 83.5 cm³/mol. The van der Waals surface area contributed by atoms with Crippen LogP contribution in [0.1, 0.15) is 45.6 Å². The van der Waals surface area contributed by atoms with Gasteiger partial charge in [0.25, 0.3) is 0 Å². The second kappa shape index (κ2) is 6.43. The molecule has 1 aliphatic carbocycles. The minimum atomic E-state index is 0.192. The van der Waals surface area contributed by atoms with Gasteiger partial charge < -0.3 is 5.32 Å². The molecule has 0 aromatic heterocycles. The summed E-state index contributed by atoms with van der Waals surface area (Å²) in [6.07, 6.45) is 1.00. The highest BCUT2D eigenvalue weighted by atomic mass is 16.2. The van der Waals surface area contributed by atoms with E-state index in [2.05, 4.69) is 57.3 Å². The van der Waals surface area contributed by atoms with Crippen LogP contribution in [-0.2, 0) is 4.79 Å². The molecule has 2 heteroatoms. The first-order valence-electron chi connectivity index (χ1n) is 7.83. The minimum Gasteiger partial charge on any atom is -0.356 e. The molecule has 1 saturated carbocycles. The van der Waals surface area contributed by atoms with Crippen molar-refractivity contribution in [1.29, 1.82) is 0 Å². The summed E-state index contributed by atoms with van der Waals surface area (Å²) in [7, 11) is 0. The molecule has 1 amide bonds. The van der Waals surface area contributed by atoms with Gasteiger partial charge in [0.05, 0.1) is 0 Å². The lowest BCUT2D eigenvalue weighted by Gasteiger charge is -2.25. The Morgan fingerprint density at radius 3 is 2.30 bits per heavy atom. The fraction of sp³-hybridized carbons (Fsp3) is 0.611. The van der Waals surface area contributed by atoms with Gasteiger partial charge in [0.2, 0.25) is 5.91 Å². The monoisotopic (exact) mass is 273 g/mol. The molecule has 1 aromatic carbocycles. The lowest BCUT2D eigenvalue weighted by atomic mass is 9.85. The molecule has 0 saturated heterocycles. The highest BCUT2D eigenvalue weighted by Crippen LogP contribution is 2.47. The average Bonchev–Trinajstić information content (AvgIpc) is 3.19. The van der Waals surface area contributed by atoms with Crippen molar-refractivity contribution in [3.05, 3.63) is 35.9 Å². The van der Waals surface area contributed by atoms with Crippen molar-refractivity contribution < 1.29 is 4.79 Å². The predicted octanol–water partition coefficient (Wildman–Crippen LogP) is 3.83. The third-order valence-corrected chi connectivity index (χ3v) is 4.58. The van der Waals surface area contributed by atoms with Crippen LogP contribution in [0.4, 0.5) is 0 Å². The highest BCUT2D eigenvalue weighted by molar-refractivity contribution is 5.82. The number of amides is 1. The Hall–Kier alpha value is -1.31. The van der Waals surface area contributed by atoms with Gasteiger partial charge in [0, 0.05) is 12.5 Å². The van der Waals surface area contributed by atoms with E-state index >= 15 is 0 Å². The number of hydrogen-bond acceptors (Lipinski definition) is 1. The van der Waals surface area contributed by atoms with Gasteiger partial charge in [0.15, 0.2) is 0 Å². The molecule has 2 unspecified atom stereocenters. The van der Waals surface area contributed by atoms with Crippen LogP contribution in [0.25, 0.3) is 0 Å². The summed E-state index contributed by atoms with van der Waals surface area (Å²) in [6.45, 7) is 9.76. The zero-order chi connectivity index (χ0) is 14.7. The molecule has 1 aromatic rings. The van der Waals surface area contributed by atoms with E-state index in [4.69, 9.17) is 0 Å². The second-order valence-electron chi connectivity index (χ2n) is 6.76. The van der Waals surface area contributed by atoms with E-state index in [1.807, 2.05) is 6.07 Å². The Morgan fingerprint density at radius 2 is 1.75 bits per heavy atom. The summed E-state index contributed by atoms with van der Waals surface area (Å²) >= 11 is 0. The van der Waals surface area contributed by atoms with Crippen LogP contribution in [0.5, 0.6) is 0 Å². The first-order valence-corrected chi connectivity index (χ1v) is 7.83. The Balaban J connectivity index is 1.83. The van der Waals surface area contributed by atoms with Crippen LogP contribution < -0.4 is 5.32 Å². The lowest BCUT2D eigenvalue weighted by molar-refractivity contribution is -0.122. The van der Waals surface area contributed by atoms with Gasteiger partial charge in [-0.2, -0.15) is 0 Å². The van der Waals surface area contributed by atoms with Gasteiger partial charge in [-0.25, -0.2) is 0 Å². The molecular weight excluding hydrogens is 246 g/mol. The Morgan fingerprint density at radius 1 is 1.15 bits per heavy atom. The number of benzene rings is 1. The molecule has 2 atom stereocenters. The molecule has 2 rings (SSSR count). The third kappa shape index (κ3) is 3.62. The molecule has 1 N–H and O–H groups in total. The van der Waals surface area contributed by atoms with E-state index in [9.17, 15) is 4.79 Å². The number of nitrogens with one attached hydrogen (secondary N) is 1. The maximum absolute atomic E-state index is 12.2. The number of carbonyl (C=O) groups excluding carboxylic acids is 1. The smallest absolute Gasteiger partial charge is 0.223 e. The van der Waals surface area contributed by atoms with Crippen molar-refractivity contribution in [3.63, 3.8) is 0 Å². The second-order valence-corrected chi connectivity index (χ2v) is 6.76. The molecule has 0 aliphatic heterocycles. The molecule has 0 bridgehead atoms. The van der Waals surface area contributed by atoms with Gasteiger partial charge in [-0.3, -0.25) is 4.79 Å². The Labute approximate surface area is 123 Å². The maximum atomic E-state index is 12.2. The van der Waals surface area contributed by atoms with Crippen LogP contribution in [0.2, 0.25) is 0 Å². The van der Waals surface area contributed by atoms with E-state index in [0.29, 0.717) is 23.7 Å². The van der Waals surface area contributed by atoms with Gasteiger partial charge in [-0.15, -0.1) is 0 Å². The molecule has 110 valence electrons. The standard InChI is InChI=1S/C18H27NO/c1-12(2)17(13(3)4)11-19-18(20)16-10-15(16)14-8-6-5-7-9-14/h5-9,12-13,15-17H,10-11H2,1-4H3,(H,19,20). The Kier molecular flexibility index (Phi) is 4.85. The summed E-state index contributed by atoms with van der Waals surface area (Å²) in [6, 6.07) is 10.4. The number of rotatable bonds is 6. The highest BCUT2D eigenvalue weighted by Gasteiger charge is 2.43. The van der Waals surface area contributed by atoms with E-state index in [-0.39, 0.29) is 11.8 Å². The lowest BCUT2D eigenvalue weighted by Crippen LogP contribution is -2.35. The van der Waals surface area contributed by atoms with Crippen molar-refractivity contribution in [2.75, 3.05) is 6.54 Å². The van der Waals surface area contributed by atoms with E-state index < -0.39 is 0 Å². The minimum absolute atomic E-state index is 0.192. The third-order valence-electron chi connectivity index (χ3n) is 4.58. The van der Waals surface area contributed by atoms with Crippen LogP contribution in [0.3, 0.4) is 0 Å². The van der Waals surface area contributed by atoms with Crippen molar-refractivity contribution in [1.82, 2.24) is 5.32 Å². The van der Waals surface area contributed by atoms with Crippen molar-refractivity contribution in [3.8, 4) is 0 Å². The first kappa shape index (κ1) is 15.1. The summed E-state index contributed by atoms with van der Waals surface area (Å²) < 4.78 is 0. The van der Waals surface area contributed by atoms with Crippen molar-refractivity contribution in [2.24, 2.45) is 23.7 Å². The quantitative estimate of drug-likeness (QED) is 0.838. The summed E-state index contributed by atoms with van der Waals surface area (Å²) in [5.41, 5.74) is 1.30. The molecule has 20 heavy (non-hydrogen) atoms. The molecular formula is C18H27NO. The van der Waals surface area contributed by atoms with Crippen LogP contribution >= 0.6 is 0 Å². The normalized spacial score (nSPS) is 21.6. The summed E-state index contributed by atoms with van der Waals surface area (Å²) in [4.78, 5) is 12.2. The Bertz CT molecular complexity index is 430. The van der Waals surface area contributed by atoms with E-state index in [0.717, 1.165) is 13.0 Å². The van der Waals surface area contributed by atoms with Gasteiger partial charge in [-0.1, -0.05) is 58.0 Å². The molecule has 0 radical (unpaired) electrons. The van der Waals surface area contributed by atoms with Gasteiger partial charge in [-0.05, 0) is 35.7 Å². The van der Waals surface area contributed by atoms with Gasteiger partial charge >= 0.3 is 0 Å². The molecule has 1 aliphatic rings. The van der Waals surface area contributed by atoms with Crippen molar-refractivity contribution in [2.45, 2.75) is 40.0 Å². The largest absolute Gasteiger partial charge is 0.356 e. The summed E-state index contributed by atoms with van der Waals surface area (Å²) in [5.74, 6) is 2.65. The molecule has 2 nitrogen and oxygen atoms in total. The molecule has 1 fully saturated rings. The number of hydrogen-bond donors (Lipinski definition) is 1. The maximum Gasteiger partial charge on any atom is 0.223 e. The van der Waals surface area contributed by atoms with Gasteiger partial charge in [0.1, 0.15) is 0 Å². The number of carbonyl (C=O) groups is 1. The zero-order valence-electron chi connectivity index (χ0n) is 13.1. The fourth-order valence-electron chi connectivity index (χ4n) is 3.14. The van der Waals surface area contributed by atoms with Crippen LogP contribution in [0.15, 0.2) is 30.3 Å². The average molecular weight is 273 g/mol. The zero-order valence-corrected chi connectivity index (χ0v) is 13.1. The van der Waals surface area contributed by atoms with Crippen LogP contribution in [0, 0.1) is 23.7 Å². The first-order chi connectivity index (χ1) is 9.50. The fourth-order valence-corrected chi connectivity index (χ4v) is 3.14. The SMILES string of the molecule is CC(C)C(CNC(=O)C1CC1c1ccccc1)C(C)C. The molecule has 0 spiro atoms. The summed E-state index contributed by atoms with van der Waals surface area (Å²) in [5, 5.41) is 3.17.